The van der Waals surface area contributed by atoms with Crippen molar-refractivity contribution in [3.63, 3.8) is 0 Å². The monoisotopic (exact) mass is 341 g/mol. The Balaban J connectivity index is 1.84. The SMILES string of the molecule is COc1ccc2c(c1)CN(C(=O)C1(OC)CS(=O)(=O)C1)CCO2. The van der Waals surface area contributed by atoms with Crippen LogP contribution < -0.4 is 9.47 Å². The van der Waals surface area contributed by atoms with Crippen LogP contribution in [-0.4, -0.2) is 63.7 Å². The highest BCUT2D eigenvalue weighted by atomic mass is 32.2. The average molecular weight is 341 g/mol. The van der Waals surface area contributed by atoms with Gasteiger partial charge >= 0.3 is 0 Å². The highest BCUT2D eigenvalue weighted by Crippen LogP contribution is 2.32. The predicted molar refractivity (Wildman–Crippen MR) is 82.3 cm³/mol. The number of amides is 1. The molecule has 3 rings (SSSR count). The van der Waals surface area contributed by atoms with Crippen molar-refractivity contribution in [3.05, 3.63) is 23.8 Å². The number of rotatable bonds is 3. The number of benzene rings is 1. The number of fused-ring (bicyclic) bond motifs is 1. The Morgan fingerprint density at radius 2 is 2.04 bits per heavy atom. The summed E-state index contributed by atoms with van der Waals surface area (Å²) in [7, 11) is -0.245. The first-order valence-corrected chi connectivity index (χ1v) is 9.06. The van der Waals surface area contributed by atoms with Crippen LogP contribution in [-0.2, 0) is 25.9 Å². The van der Waals surface area contributed by atoms with Crippen molar-refractivity contribution in [3.8, 4) is 11.5 Å². The number of carbonyl (C=O) groups excluding carboxylic acids is 1. The Hall–Kier alpha value is -1.80. The van der Waals surface area contributed by atoms with Crippen molar-refractivity contribution in [2.24, 2.45) is 0 Å². The summed E-state index contributed by atoms with van der Waals surface area (Å²) in [5.74, 6) is 0.534. The highest BCUT2D eigenvalue weighted by molar-refractivity contribution is 7.93. The summed E-state index contributed by atoms with van der Waals surface area (Å²) in [5.41, 5.74) is -0.439. The van der Waals surface area contributed by atoms with Crippen LogP contribution in [0.4, 0.5) is 0 Å². The van der Waals surface area contributed by atoms with E-state index in [2.05, 4.69) is 0 Å². The Morgan fingerprint density at radius 1 is 1.30 bits per heavy atom. The summed E-state index contributed by atoms with van der Waals surface area (Å²) in [6.07, 6.45) is 0. The molecule has 126 valence electrons. The summed E-state index contributed by atoms with van der Waals surface area (Å²) in [6.45, 7) is 1.05. The lowest BCUT2D eigenvalue weighted by molar-refractivity contribution is -0.152. The van der Waals surface area contributed by atoms with Crippen LogP contribution in [0, 0.1) is 0 Å². The molecule has 2 heterocycles. The lowest BCUT2D eigenvalue weighted by Gasteiger charge is -2.41. The van der Waals surface area contributed by atoms with Gasteiger partial charge in [0.1, 0.15) is 18.1 Å². The number of carbonyl (C=O) groups is 1. The van der Waals surface area contributed by atoms with Crippen LogP contribution in [0.2, 0.25) is 0 Å². The zero-order valence-electron chi connectivity index (χ0n) is 13.1. The maximum atomic E-state index is 12.8. The lowest BCUT2D eigenvalue weighted by Crippen LogP contribution is -2.65. The molecule has 0 aromatic heterocycles. The van der Waals surface area contributed by atoms with Gasteiger partial charge in [-0.05, 0) is 18.2 Å². The highest BCUT2D eigenvalue weighted by Gasteiger charge is 2.56. The molecular formula is C15H19NO6S. The summed E-state index contributed by atoms with van der Waals surface area (Å²) >= 11 is 0. The molecular weight excluding hydrogens is 322 g/mol. The molecule has 0 N–H and O–H groups in total. The molecule has 0 saturated carbocycles. The number of methoxy groups -OCH3 is 2. The van der Waals surface area contributed by atoms with E-state index < -0.39 is 15.4 Å². The van der Waals surface area contributed by atoms with Gasteiger partial charge in [0.2, 0.25) is 0 Å². The summed E-state index contributed by atoms with van der Waals surface area (Å²) < 4.78 is 39.1. The first-order chi connectivity index (χ1) is 10.9. The molecule has 8 heteroatoms. The Labute approximate surface area is 135 Å². The van der Waals surface area contributed by atoms with Gasteiger partial charge in [-0.3, -0.25) is 4.79 Å². The molecule has 2 aliphatic heterocycles. The van der Waals surface area contributed by atoms with Crippen LogP contribution in [0.15, 0.2) is 18.2 Å². The van der Waals surface area contributed by atoms with Crippen LogP contribution in [0.25, 0.3) is 0 Å². The Bertz CT molecular complexity index is 717. The van der Waals surface area contributed by atoms with Crippen LogP contribution >= 0.6 is 0 Å². The van der Waals surface area contributed by atoms with Gasteiger partial charge in [0.25, 0.3) is 5.91 Å². The van der Waals surface area contributed by atoms with Crippen LogP contribution in [0.5, 0.6) is 11.5 Å². The van der Waals surface area contributed by atoms with E-state index in [1.807, 2.05) is 12.1 Å². The van der Waals surface area contributed by atoms with E-state index in [9.17, 15) is 13.2 Å². The number of hydrogen-bond acceptors (Lipinski definition) is 6. The van der Waals surface area contributed by atoms with E-state index in [-0.39, 0.29) is 17.4 Å². The van der Waals surface area contributed by atoms with Crippen molar-refractivity contribution in [1.29, 1.82) is 0 Å². The molecule has 0 unspecified atom stereocenters. The lowest BCUT2D eigenvalue weighted by atomic mass is 10.1. The van der Waals surface area contributed by atoms with E-state index in [4.69, 9.17) is 14.2 Å². The van der Waals surface area contributed by atoms with Gasteiger partial charge in [0, 0.05) is 19.2 Å². The van der Waals surface area contributed by atoms with Crippen molar-refractivity contribution in [2.75, 3.05) is 38.9 Å². The number of sulfone groups is 1. The van der Waals surface area contributed by atoms with Crippen molar-refractivity contribution >= 4 is 15.7 Å². The molecule has 1 amide bonds. The van der Waals surface area contributed by atoms with Gasteiger partial charge in [-0.2, -0.15) is 0 Å². The molecule has 2 aliphatic rings. The second-order valence-corrected chi connectivity index (χ2v) is 7.84. The van der Waals surface area contributed by atoms with Gasteiger partial charge in [-0.25, -0.2) is 8.42 Å². The van der Waals surface area contributed by atoms with Gasteiger partial charge in [-0.15, -0.1) is 0 Å². The van der Waals surface area contributed by atoms with E-state index in [0.717, 1.165) is 5.56 Å². The molecule has 0 bridgehead atoms. The number of ether oxygens (including phenoxy) is 3. The molecule has 0 spiro atoms. The maximum Gasteiger partial charge on any atom is 0.257 e. The maximum absolute atomic E-state index is 12.8. The van der Waals surface area contributed by atoms with Crippen molar-refractivity contribution in [2.45, 2.75) is 12.1 Å². The predicted octanol–water partition coefficient (Wildman–Crippen LogP) is 0.230. The Morgan fingerprint density at radius 3 is 2.65 bits per heavy atom. The first-order valence-electron chi connectivity index (χ1n) is 7.24. The fraction of sp³-hybridized carbons (Fsp3) is 0.533. The molecule has 1 fully saturated rings. The van der Waals surface area contributed by atoms with E-state index in [0.29, 0.717) is 31.2 Å². The zero-order chi connectivity index (χ0) is 16.7. The standard InChI is InChI=1S/C15H19NO6S/c1-20-12-3-4-13-11(7-12)8-16(5-6-22-13)14(17)15(21-2)9-23(18,19)10-15/h3-4,7H,5-6,8-10H2,1-2H3. The zero-order valence-corrected chi connectivity index (χ0v) is 13.9. The third kappa shape index (κ3) is 2.88. The summed E-state index contributed by atoms with van der Waals surface area (Å²) in [5, 5.41) is 0. The second kappa shape index (κ2) is 5.68. The third-order valence-electron chi connectivity index (χ3n) is 4.22. The summed E-state index contributed by atoms with van der Waals surface area (Å²) in [4.78, 5) is 14.4. The summed E-state index contributed by atoms with van der Waals surface area (Å²) in [6, 6.07) is 5.42. The molecule has 0 radical (unpaired) electrons. The van der Waals surface area contributed by atoms with Gasteiger partial charge in [0.15, 0.2) is 15.4 Å². The fourth-order valence-corrected chi connectivity index (χ4v) is 4.78. The van der Waals surface area contributed by atoms with Gasteiger partial charge in [-0.1, -0.05) is 0 Å². The first kappa shape index (κ1) is 16.1. The molecule has 0 atom stereocenters. The fourth-order valence-electron chi connectivity index (χ4n) is 2.96. The quantitative estimate of drug-likeness (QED) is 0.783. The minimum absolute atomic E-state index is 0.266. The van der Waals surface area contributed by atoms with Gasteiger partial charge < -0.3 is 19.1 Å². The van der Waals surface area contributed by atoms with E-state index >= 15 is 0 Å². The number of nitrogens with zero attached hydrogens (tertiary/aromatic N) is 1. The van der Waals surface area contributed by atoms with Crippen molar-refractivity contribution < 1.29 is 27.4 Å². The Kier molecular flexibility index (Phi) is 3.97. The smallest absolute Gasteiger partial charge is 0.257 e. The molecule has 1 saturated heterocycles. The second-order valence-electron chi connectivity index (χ2n) is 5.78. The largest absolute Gasteiger partial charge is 0.497 e. The van der Waals surface area contributed by atoms with Crippen molar-refractivity contribution in [1.82, 2.24) is 4.90 Å². The molecule has 0 aliphatic carbocycles. The van der Waals surface area contributed by atoms with Crippen LogP contribution in [0.3, 0.4) is 0 Å². The van der Waals surface area contributed by atoms with E-state index in [1.54, 1.807) is 18.1 Å². The molecule has 1 aromatic rings. The minimum atomic E-state index is -3.19. The number of hydrogen-bond donors (Lipinski definition) is 0. The normalized spacial score (nSPS) is 21.4. The molecule has 23 heavy (non-hydrogen) atoms. The van der Waals surface area contributed by atoms with E-state index in [1.165, 1.54) is 7.11 Å². The molecule has 1 aromatic carbocycles. The minimum Gasteiger partial charge on any atom is -0.497 e. The third-order valence-corrected chi connectivity index (χ3v) is 6.03. The molecule has 7 nitrogen and oxygen atoms in total. The van der Waals surface area contributed by atoms with Gasteiger partial charge in [0.05, 0.1) is 25.2 Å². The topological polar surface area (TPSA) is 82.1 Å². The van der Waals surface area contributed by atoms with Crippen LogP contribution in [0.1, 0.15) is 5.56 Å². The average Bonchev–Trinajstić information content (AvgIpc) is 2.72.